The van der Waals surface area contributed by atoms with Crippen LogP contribution in [0.5, 0.6) is 5.75 Å². The van der Waals surface area contributed by atoms with Crippen LogP contribution < -0.4 is 4.74 Å². The minimum atomic E-state index is -4.40. The van der Waals surface area contributed by atoms with Crippen LogP contribution in [-0.4, -0.2) is 28.2 Å². The Balaban J connectivity index is 0.000000219. The third-order valence-corrected chi connectivity index (χ3v) is 9.29. The molecule has 278 valence electrons. The molecular weight excluding hydrogens is 774 g/mol. The van der Waals surface area contributed by atoms with Gasteiger partial charge >= 0.3 is 18.3 Å². The van der Waals surface area contributed by atoms with Crippen molar-refractivity contribution in [2.75, 3.05) is 6.61 Å². The highest BCUT2D eigenvalue weighted by Gasteiger charge is 2.31. The molecule has 0 spiro atoms. The minimum absolute atomic E-state index is 0.0288. The lowest BCUT2D eigenvalue weighted by Gasteiger charge is -2.13. The van der Waals surface area contributed by atoms with Crippen molar-refractivity contribution in [3.63, 3.8) is 0 Å². The molecule has 0 fully saturated rings. The van der Waals surface area contributed by atoms with Crippen molar-refractivity contribution in [3.05, 3.63) is 143 Å². The second-order valence-corrected chi connectivity index (χ2v) is 13.3. The zero-order chi connectivity index (χ0) is 38.8. The predicted molar refractivity (Wildman–Crippen MR) is 202 cm³/mol. The molecule has 2 aromatic heterocycles. The van der Waals surface area contributed by atoms with Crippen LogP contribution in [0, 0.1) is 0 Å². The Kier molecular flexibility index (Phi) is 11.0. The molecule has 12 heteroatoms. The van der Waals surface area contributed by atoms with Gasteiger partial charge in [-0.1, -0.05) is 36.4 Å². The zero-order valence-corrected chi connectivity index (χ0v) is 30.7. The number of carbonyl (C=O) groups excluding carboxylic acids is 1. The Labute approximate surface area is 315 Å². The van der Waals surface area contributed by atoms with Crippen molar-refractivity contribution in [1.82, 2.24) is 9.55 Å². The predicted octanol–water partition coefficient (Wildman–Crippen LogP) is 12.9. The molecule has 5 aromatic carbocycles. The number of hydrogen-bond donors (Lipinski definition) is 1. The summed E-state index contributed by atoms with van der Waals surface area (Å²) in [6.45, 7) is 5.83. The monoisotopic (exact) mass is 806 g/mol. The van der Waals surface area contributed by atoms with E-state index >= 15 is 0 Å². The topological polar surface area (TPSA) is 56.2 Å². The molecule has 1 N–H and O–H groups in total. The number of fused-ring (bicyclic) bond motifs is 2. The lowest BCUT2D eigenvalue weighted by molar-refractivity contribution is -0.138. The molecule has 0 saturated heterocycles. The Hall–Kier alpha value is -5.49. The zero-order valence-electron chi connectivity index (χ0n) is 29.1. The molecule has 0 bridgehead atoms. The molecule has 7 aromatic rings. The molecule has 0 radical (unpaired) electrons. The summed E-state index contributed by atoms with van der Waals surface area (Å²) < 4.78 is 89.7. The summed E-state index contributed by atoms with van der Waals surface area (Å²) in [6.07, 6.45) is -6.82. The van der Waals surface area contributed by atoms with Gasteiger partial charge in [-0.25, -0.2) is 4.79 Å². The van der Waals surface area contributed by atoms with Crippen molar-refractivity contribution < 1.29 is 40.6 Å². The van der Waals surface area contributed by atoms with Crippen LogP contribution in [0.2, 0.25) is 0 Å². The number of nitrogens with one attached hydrogen (secondary N) is 1. The first-order valence-electron chi connectivity index (χ1n) is 16.8. The molecule has 0 saturated carbocycles. The molecule has 54 heavy (non-hydrogen) atoms. The molecule has 7 rings (SSSR count). The second-order valence-electron chi connectivity index (χ2n) is 12.5. The Bertz CT molecular complexity index is 2390. The van der Waals surface area contributed by atoms with E-state index in [-0.39, 0.29) is 12.7 Å². The molecule has 5 nitrogen and oxygen atoms in total. The summed E-state index contributed by atoms with van der Waals surface area (Å²) in [5.74, 6) is 0.218. The molecule has 0 amide bonds. The summed E-state index contributed by atoms with van der Waals surface area (Å²) in [5, 5.41) is 1.77. The van der Waals surface area contributed by atoms with Gasteiger partial charge < -0.3 is 19.0 Å². The highest BCUT2D eigenvalue weighted by atomic mass is 79.9. The maximum absolute atomic E-state index is 13.0. The Morgan fingerprint density at radius 2 is 1.26 bits per heavy atom. The smallest absolute Gasteiger partial charge is 0.416 e. The van der Waals surface area contributed by atoms with Gasteiger partial charge in [0.1, 0.15) is 11.4 Å². The molecule has 0 aliphatic rings. The fourth-order valence-electron chi connectivity index (χ4n) is 5.96. The van der Waals surface area contributed by atoms with E-state index in [1.54, 1.807) is 11.5 Å². The van der Waals surface area contributed by atoms with Gasteiger partial charge in [-0.05, 0) is 143 Å². The van der Waals surface area contributed by atoms with Crippen molar-refractivity contribution in [2.45, 2.75) is 39.2 Å². The maximum Gasteiger partial charge on any atom is 0.416 e. The van der Waals surface area contributed by atoms with E-state index in [4.69, 9.17) is 9.47 Å². The quantitative estimate of drug-likeness (QED) is 0.129. The highest BCUT2D eigenvalue weighted by molar-refractivity contribution is 9.10. The van der Waals surface area contributed by atoms with E-state index in [9.17, 15) is 31.1 Å². The largest absolute Gasteiger partial charge is 0.491 e. The lowest BCUT2D eigenvalue weighted by Crippen LogP contribution is -2.12. The Morgan fingerprint density at radius 1 is 0.722 bits per heavy atom. The Morgan fingerprint density at radius 3 is 1.80 bits per heavy atom. The summed E-state index contributed by atoms with van der Waals surface area (Å²) in [4.78, 5) is 16.0. The van der Waals surface area contributed by atoms with Gasteiger partial charge in [-0.2, -0.15) is 26.3 Å². The highest BCUT2D eigenvalue weighted by Crippen LogP contribution is 2.38. The standard InChI is InChI=1S/C27H23BrF3NO3.C15H10F3N/c1-4-34-26(33)25-24(28)22-15-18(17-5-8-19(9-6-17)27(29,30)31)7-14-23(22)32(25)20-10-12-21(13-11-20)35-16(2)3;16-15(17,18)13-4-1-10(2-5-13)11-3-6-14-12(9-11)7-8-19-14/h5-16H,4H2,1-3H3;1-9,19H. The molecule has 0 aliphatic carbocycles. The first-order chi connectivity index (χ1) is 25.6. The van der Waals surface area contributed by atoms with Crippen LogP contribution in [0.4, 0.5) is 26.3 Å². The summed E-state index contributed by atoms with van der Waals surface area (Å²) in [7, 11) is 0. The molecule has 2 heterocycles. The number of aromatic amines is 1. The van der Waals surface area contributed by atoms with Gasteiger partial charge in [0, 0.05) is 22.8 Å². The van der Waals surface area contributed by atoms with Crippen molar-refractivity contribution >= 4 is 43.7 Å². The number of rotatable bonds is 7. The number of hydrogen-bond acceptors (Lipinski definition) is 3. The SMILES string of the molecule is CCOC(=O)c1c(Br)c2cc(-c3ccc(C(F)(F)F)cc3)ccc2n1-c1ccc(OC(C)C)cc1.FC(F)(F)c1ccc(-c2ccc3[nH]ccc3c2)cc1. The van der Waals surface area contributed by atoms with Crippen molar-refractivity contribution in [3.8, 4) is 33.7 Å². The molecule has 0 atom stereocenters. The van der Waals surface area contributed by atoms with Gasteiger partial charge in [0.05, 0.1) is 33.8 Å². The van der Waals surface area contributed by atoms with Gasteiger partial charge in [0.25, 0.3) is 0 Å². The number of alkyl halides is 6. The summed E-state index contributed by atoms with van der Waals surface area (Å²) >= 11 is 3.57. The van der Waals surface area contributed by atoms with Gasteiger partial charge in [-0.3, -0.25) is 0 Å². The normalized spacial score (nSPS) is 11.8. The first-order valence-corrected chi connectivity index (χ1v) is 17.6. The average Bonchev–Trinajstić information content (AvgIpc) is 3.73. The van der Waals surface area contributed by atoms with E-state index in [0.717, 1.165) is 68.4 Å². The first kappa shape index (κ1) is 38.2. The van der Waals surface area contributed by atoms with E-state index in [0.29, 0.717) is 21.5 Å². The van der Waals surface area contributed by atoms with Crippen LogP contribution in [0.3, 0.4) is 0 Å². The molecule has 0 unspecified atom stereocenters. The van der Waals surface area contributed by atoms with Crippen LogP contribution in [0.15, 0.2) is 126 Å². The molecule has 0 aliphatic heterocycles. The van der Waals surface area contributed by atoms with Gasteiger partial charge in [-0.15, -0.1) is 0 Å². The fraction of sp³-hybridized carbons (Fsp3) is 0.167. The van der Waals surface area contributed by atoms with E-state index in [1.807, 2.05) is 86.8 Å². The number of H-pyrrole nitrogens is 1. The van der Waals surface area contributed by atoms with Crippen LogP contribution in [0.25, 0.3) is 49.7 Å². The molecular formula is C42H33BrF6N2O3. The number of esters is 1. The maximum atomic E-state index is 13.0. The number of benzene rings is 5. The third-order valence-electron chi connectivity index (χ3n) is 8.49. The number of ether oxygens (including phenoxy) is 2. The van der Waals surface area contributed by atoms with Gasteiger partial charge in [0.2, 0.25) is 0 Å². The third kappa shape index (κ3) is 8.33. The fourth-order valence-corrected chi connectivity index (χ4v) is 6.62. The van der Waals surface area contributed by atoms with Crippen molar-refractivity contribution in [2.24, 2.45) is 0 Å². The minimum Gasteiger partial charge on any atom is -0.491 e. The van der Waals surface area contributed by atoms with Gasteiger partial charge in [0.15, 0.2) is 0 Å². The van der Waals surface area contributed by atoms with Crippen LogP contribution in [-0.2, 0) is 17.1 Å². The number of halogens is 7. The number of aromatic nitrogens is 2. The average molecular weight is 808 g/mol. The van der Waals surface area contributed by atoms with E-state index in [2.05, 4.69) is 20.9 Å². The van der Waals surface area contributed by atoms with Crippen LogP contribution in [0.1, 0.15) is 42.4 Å². The van der Waals surface area contributed by atoms with E-state index < -0.39 is 29.4 Å². The van der Waals surface area contributed by atoms with Crippen molar-refractivity contribution in [1.29, 1.82) is 0 Å². The lowest BCUT2D eigenvalue weighted by atomic mass is 10.0. The number of carbonyl (C=O) groups is 1. The van der Waals surface area contributed by atoms with Crippen LogP contribution >= 0.6 is 15.9 Å². The second kappa shape index (κ2) is 15.5. The van der Waals surface area contributed by atoms with E-state index in [1.165, 1.54) is 24.3 Å². The summed E-state index contributed by atoms with van der Waals surface area (Å²) in [5.41, 5.74) is 4.52. The number of nitrogens with zero attached hydrogens (tertiary/aromatic N) is 1. The summed E-state index contributed by atoms with van der Waals surface area (Å²) in [6, 6.07) is 30.8.